The maximum Gasteiger partial charge on any atom is 0.115 e. The van der Waals surface area contributed by atoms with Crippen LogP contribution in [0.15, 0.2) is 24.3 Å². The van der Waals surface area contributed by atoms with Gasteiger partial charge < -0.3 is 15.5 Å². The molecule has 2 rings (SSSR count). The normalized spacial score (nSPS) is 27.5. The minimum Gasteiger partial charge on any atom is -0.508 e. The van der Waals surface area contributed by atoms with Crippen molar-refractivity contribution in [1.29, 1.82) is 0 Å². The van der Waals surface area contributed by atoms with E-state index in [1.165, 1.54) is 0 Å². The lowest BCUT2D eigenvalue weighted by Crippen LogP contribution is -2.34. The number of phenolic OH excluding ortho intramolecular Hbond substituents is 1. The Hall–Kier alpha value is -1.06. The van der Waals surface area contributed by atoms with Gasteiger partial charge in [0, 0.05) is 6.04 Å². The van der Waals surface area contributed by atoms with Crippen molar-refractivity contribution in [1.82, 2.24) is 5.32 Å². The highest BCUT2D eigenvalue weighted by Crippen LogP contribution is 2.25. The number of aliphatic hydroxyl groups excluding tert-OH is 1. The van der Waals surface area contributed by atoms with E-state index >= 15 is 0 Å². The molecule has 1 aromatic rings. The lowest BCUT2D eigenvalue weighted by atomic mass is 9.95. The lowest BCUT2D eigenvalue weighted by molar-refractivity contribution is 0.116. The van der Waals surface area contributed by atoms with Gasteiger partial charge in [0.1, 0.15) is 5.75 Å². The molecule has 3 N–H and O–H groups in total. The molecule has 1 heterocycles. The minimum absolute atomic E-state index is 0.172. The van der Waals surface area contributed by atoms with Crippen LogP contribution in [0.1, 0.15) is 24.4 Å². The summed E-state index contributed by atoms with van der Waals surface area (Å²) >= 11 is 0. The molecule has 3 nitrogen and oxygen atoms in total. The topological polar surface area (TPSA) is 52.5 Å². The molecule has 0 aromatic heterocycles. The number of nitrogens with one attached hydrogen (secondary N) is 1. The van der Waals surface area contributed by atoms with E-state index in [-0.39, 0.29) is 17.9 Å². The van der Waals surface area contributed by atoms with E-state index in [0.717, 1.165) is 24.9 Å². The van der Waals surface area contributed by atoms with E-state index in [9.17, 15) is 10.2 Å². The zero-order valence-corrected chi connectivity index (χ0v) is 7.98. The third-order valence-corrected chi connectivity index (χ3v) is 2.65. The average Bonchev–Trinajstić information content (AvgIpc) is 2.18. The molecule has 1 aliphatic rings. The molecule has 0 saturated carbocycles. The van der Waals surface area contributed by atoms with Gasteiger partial charge in [0.15, 0.2) is 0 Å². The van der Waals surface area contributed by atoms with Crippen LogP contribution in [0, 0.1) is 0 Å². The van der Waals surface area contributed by atoms with E-state index in [0.29, 0.717) is 0 Å². The molecule has 2 unspecified atom stereocenters. The molecule has 14 heavy (non-hydrogen) atoms. The molecule has 76 valence electrons. The number of hydrogen-bond donors (Lipinski definition) is 3. The molecular formula is C11H15NO2. The van der Waals surface area contributed by atoms with Crippen LogP contribution in [-0.2, 0) is 0 Å². The first kappa shape index (κ1) is 9.49. The molecule has 1 aromatic carbocycles. The van der Waals surface area contributed by atoms with Gasteiger partial charge in [0.2, 0.25) is 0 Å². The van der Waals surface area contributed by atoms with Gasteiger partial charge in [-0.15, -0.1) is 0 Å². The van der Waals surface area contributed by atoms with Crippen LogP contribution in [0.5, 0.6) is 5.75 Å². The summed E-state index contributed by atoms with van der Waals surface area (Å²) in [7, 11) is 0. The molecule has 1 saturated heterocycles. The van der Waals surface area contributed by atoms with Gasteiger partial charge in [-0.05, 0) is 37.1 Å². The zero-order chi connectivity index (χ0) is 9.97. The first-order valence-electron chi connectivity index (χ1n) is 4.96. The van der Waals surface area contributed by atoms with Gasteiger partial charge in [-0.1, -0.05) is 12.1 Å². The number of rotatable bonds is 1. The Bertz CT molecular complexity index is 314. The summed E-state index contributed by atoms with van der Waals surface area (Å²) in [4.78, 5) is 0. The zero-order valence-electron chi connectivity index (χ0n) is 7.98. The van der Waals surface area contributed by atoms with Gasteiger partial charge in [-0.2, -0.15) is 0 Å². The fourth-order valence-corrected chi connectivity index (χ4v) is 1.89. The highest BCUT2D eigenvalue weighted by atomic mass is 16.3. The first-order valence-corrected chi connectivity index (χ1v) is 4.96. The fourth-order valence-electron chi connectivity index (χ4n) is 1.89. The summed E-state index contributed by atoms with van der Waals surface area (Å²) in [5, 5.41) is 22.1. The van der Waals surface area contributed by atoms with Gasteiger partial charge in [0.05, 0.1) is 6.10 Å². The van der Waals surface area contributed by atoms with Gasteiger partial charge >= 0.3 is 0 Å². The molecule has 0 aliphatic carbocycles. The second-order valence-electron chi connectivity index (χ2n) is 3.78. The Labute approximate surface area is 83.4 Å². The molecule has 0 amide bonds. The van der Waals surface area contributed by atoms with Crippen molar-refractivity contribution in [3.05, 3.63) is 29.8 Å². The molecule has 0 bridgehead atoms. The maximum absolute atomic E-state index is 9.51. The van der Waals surface area contributed by atoms with Crippen LogP contribution >= 0.6 is 0 Å². The Morgan fingerprint density at radius 2 is 2.21 bits per heavy atom. The van der Waals surface area contributed by atoms with Crippen molar-refractivity contribution in [2.45, 2.75) is 25.0 Å². The van der Waals surface area contributed by atoms with Gasteiger partial charge in [-0.25, -0.2) is 0 Å². The smallest absolute Gasteiger partial charge is 0.115 e. The van der Waals surface area contributed by atoms with Crippen LogP contribution in [0.4, 0.5) is 0 Å². The van der Waals surface area contributed by atoms with E-state index in [2.05, 4.69) is 5.32 Å². The molecule has 0 spiro atoms. The Morgan fingerprint density at radius 3 is 2.93 bits per heavy atom. The molecule has 1 fully saturated rings. The van der Waals surface area contributed by atoms with Crippen LogP contribution < -0.4 is 5.32 Å². The number of piperidine rings is 1. The van der Waals surface area contributed by atoms with E-state index < -0.39 is 0 Å². The summed E-state index contributed by atoms with van der Waals surface area (Å²) < 4.78 is 0. The standard InChI is InChI=1S/C11H15NO2/c13-9-3-1-2-8(6-9)11-7-10(14)4-5-12-11/h1-3,6,10-14H,4-5,7H2. The molecular weight excluding hydrogens is 178 g/mol. The highest BCUT2D eigenvalue weighted by molar-refractivity contribution is 5.29. The number of aromatic hydroxyl groups is 1. The van der Waals surface area contributed by atoms with Crippen molar-refractivity contribution in [2.24, 2.45) is 0 Å². The van der Waals surface area contributed by atoms with Crippen LogP contribution in [0.3, 0.4) is 0 Å². The second kappa shape index (κ2) is 3.98. The summed E-state index contributed by atoms with van der Waals surface area (Å²) in [6.07, 6.45) is 1.32. The van der Waals surface area contributed by atoms with Crippen molar-refractivity contribution < 1.29 is 10.2 Å². The average molecular weight is 193 g/mol. The monoisotopic (exact) mass is 193 g/mol. The Kier molecular flexibility index (Phi) is 2.70. The largest absolute Gasteiger partial charge is 0.508 e. The third-order valence-electron chi connectivity index (χ3n) is 2.65. The summed E-state index contributed by atoms with van der Waals surface area (Å²) in [5.41, 5.74) is 1.05. The van der Waals surface area contributed by atoms with Crippen LogP contribution in [0.25, 0.3) is 0 Å². The number of benzene rings is 1. The van der Waals surface area contributed by atoms with Gasteiger partial charge in [-0.3, -0.25) is 0 Å². The van der Waals surface area contributed by atoms with Crippen molar-refractivity contribution in [3.8, 4) is 5.75 Å². The molecule has 1 aliphatic heterocycles. The van der Waals surface area contributed by atoms with Crippen molar-refractivity contribution >= 4 is 0 Å². The first-order chi connectivity index (χ1) is 6.75. The summed E-state index contributed by atoms with van der Waals surface area (Å²) in [5.74, 6) is 0.282. The predicted octanol–water partition coefficient (Wildman–Crippen LogP) is 1.18. The summed E-state index contributed by atoms with van der Waals surface area (Å²) in [6.45, 7) is 0.835. The summed E-state index contributed by atoms with van der Waals surface area (Å²) in [6, 6.07) is 7.37. The molecule has 0 radical (unpaired) electrons. The van der Waals surface area contributed by atoms with E-state index in [4.69, 9.17) is 0 Å². The van der Waals surface area contributed by atoms with E-state index in [1.54, 1.807) is 12.1 Å². The van der Waals surface area contributed by atoms with Crippen molar-refractivity contribution in [3.63, 3.8) is 0 Å². The van der Waals surface area contributed by atoms with Crippen molar-refractivity contribution in [2.75, 3.05) is 6.54 Å². The van der Waals surface area contributed by atoms with Crippen LogP contribution in [0.2, 0.25) is 0 Å². The second-order valence-corrected chi connectivity index (χ2v) is 3.78. The van der Waals surface area contributed by atoms with E-state index in [1.807, 2.05) is 12.1 Å². The predicted molar refractivity (Wildman–Crippen MR) is 54.1 cm³/mol. The Balaban J connectivity index is 2.14. The maximum atomic E-state index is 9.51. The van der Waals surface area contributed by atoms with Gasteiger partial charge in [0.25, 0.3) is 0 Å². The number of hydrogen-bond acceptors (Lipinski definition) is 3. The lowest BCUT2D eigenvalue weighted by Gasteiger charge is -2.27. The Morgan fingerprint density at radius 1 is 1.36 bits per heavy atom. The minimum atomic E-state index is -0.219. The molecule has 2 atom stereocenters. The fraction of sp³-hybridized carbons (Fsp3) is 0.455. The highest BCUT2D eigenvalue weighted by Gasteiger charge is 2.20. The molecule has 3 heteroatoms. The number of phenols is 1. The third kappa shape index (κ3) is 2.05. The quantitative estimate of drug-likeness (QED) is 0.627. The van der Waals surface area contributed by atoms with Crippen LogP contribution in [-0.4, -0.2) is 22.9 Å². The SMILES string of the molecule is Oc1cccc(C2CC(O)CCN2)c1. The number of aliphatic hydroxyl groups is 1.